The molecule has 3 rings (SSSR count). The minimum atomic E-state index is -1.79. The Morgan fingerprint density at radius 2 is 1.86 bits per heavy atom. The summed E-state index contributed by atoms with van der Waals surface area (Å²) in [4.78, 5) is 1.20. The summed E-state index contributed by atoms with van der Waals surface area (Å²) in [5, 5.41) is 37.9. The fourth-order valence-electron chi connectivity index (χ4n) is 4.46. The highest BCUT2D eigenvalue weighted by atomic mass is 19.2. The van der Waals surface area contributed by atoms with Crippen LogP contribution in [-0.4, -0.2) is 24.8 Å². The summed E-state index contributed by atoms with van der Waals surface area (Å²) in [7, 11) is 0. The van der Waals surface area contributed by atoms with Gasteiger partial charge in [-0.05, 0) is 43.2 Å². The molecule has 28 heavy (non-hydrogen) atoms. The molecule has 0 aromatic heterocycles. The Hall–Kier alpha value is -3.08. The molecule has 1 saturated carbocycles. The lowest BCUT2D eigenvalue weighted by atomic mass is 9.55. The highest BCUT2D eigenvalue weighted by Gasteiger charge is 2.57. The summed E-state index contributed by atoms with van der Waals surface area (Å²) in [5.74, 6) is -4.09. The molecular formula is C21H20F2N5+. The van der Waals surface area contributed by atoms with Crippen molar-refractivity contribution in [3.05, 3.63) is 47.0 Å². The first-order chi connectivity index (χ1) is 13.3. The standard InChI is InChI=1S/C21H19F2N5/c1-12(2)28-6-5-16-15(9-28)19(13-3-4-17(22)18(23)7-13)14(8-24)20(27)21(16,10-25)11-26/h3-5,7,12,14-15,19,27H,6,9H2,1-2H3/p+1/t14-,15+,19+/m1/s1. The summed E-state index contributed by atoms with van der Waals surface area (Å²) in [5.41, 5.74) is -1.17. The second kappa shape index (κ2) is 7.15. The monoisotopic (exact) mass is 380 g/mol. The van der Waals surface area contributed by atoms with Crippen molar-refractivity contribution in [2.24, 2.45) is 17.3 Å². The summed E-state index contributed by atoms with van der Waals surface area (Å²) in [6.45, 7) is 5.25. The molecule has 1 aromatic rings. The number of rotatable bonds is 2. The van der Waals surface area contributed by atoms with Gasteiger partial charge in [0.15, 0.2) is 11.6 Å². The van der Waals surface area contributed by atoms with Crippen LogP contribution in [0.5, 0.6) is 0 Å². The molecule has 0 saturated heterocycles. The van der Waals surface area contributed by atoms with Crippen LogP contribution in [0.3, 0.4) is 0 Å². The maximum atomic E-state index is 13.9. The lowest BCUT2D eigenvalue weighted by Gasteiger charge is -2.46. The fraction of sp³-hybridized carbons (Fsp3) is 0.429. The van der Waals surface area contributed by atoms with Crippen molar-refractivity contribution in [2.45, 2.75) is 25.8 Å². The predicted octanol–water partition coefficient (Wildman–Crippen LogP) is 2.10. The molecule has 4 atom stereocenters. The van der Waals surface area contributed by atoms with E-state index in [4.69, 9.17) is 5.41 Å². The smallest absolute Gasteiger partial charge is 0.203 e. The zero-order chi connectivity index (χ0) is 20.6. The van der Waals surface area contributed by atoms with Gasteiger partial charge in [0.2, 0.25) is 5.41 Å². The zero-order valence-electron chi connectivity index (χ0n) is 15.6. The molecule has 1 aliphatic carbocycles. The van der Waals surface area contributed by atoms with E-state index in [0.29, 0.717) is 24.2 Å². The number of benzene rings is 1. The van der Waals surface area contributed by atoms with Gasteiger partial charge in [-0.1, -0.05) is 6.07 Å². The highest BCUT2D eigenvalue weighted by molar-refractivity contribution is 6.01. The number of quaternary nitrogens is 1. The Morgan fingerprint density at radius 1 is 1.18 bits per heavy atom. The average Bonchev–Trinajstić information content (AvgIpc) is 2.69. The second-order valence-corrected chi connectivity index (χ2v) is 7.68. The first-order valence-corrected chi connectivity index (χ1v) is 9.11. The van der Waals surface area contributed by atoms with E-state index in [1.165, 1.54) is 11.0 Å². The van der Waals surface area contributed by atoms with Crippen LogP contribution in [0.25, 0.3) is 0 Å². The third-order valence-corrected chi connectivity index (χ3v) is 6.03. The van der Waals surface area contributed by atoms with E-state index >= 15 is 0 Å². The summed E-state index contributed by atoms with van der Waals surface area (Å²) >= 11 is 0. The van der Waals surface area contributed by atoms with Crippen molar-refractivity contribution in [1.82, 2.24) is 0 Å². The van der Waals surface area contributed by atoms with Gasteiger partial charge in [-0.25, -0.2) is 8.78 Å². The molecule has 0 radical (unpaired) electrons. The number of nitrogens with one attached hydrogen (secondary N) is 2. The van der Waals surface area contributed by atoms with Gasteiger partial charge in [0, 0.05) is 11.8 Å². The highest BCUT2D eigenvalue weighted by Crippen LogP contribution is 2.51. The number of hydrogen-bond acceptors (Lipinski definition) is 4. The molecule has 1 fully saturated rings. The number of halogens is 2. The van der Waals surface area contributed by atoms with Crippen LogP contribution in [0.2, 0.25) is 0 Å². The van der Waals surface area contributed by atoms with Gasteiger partial charge in [0.25, 0.3) is 0 Å². The number of hydrogen-bond donors (Lipinski definition) is 2. The van der Waals surface area contributed by atoms with Crippen molar-refractivity contribution in [1.29, 1.82) is 21.2 Å². The first kappa shape index (κ1) is 19.7. The van der Waals surface area contributed by atoms with E-state index in [9.17, 15) is 24.6 Å². The SMILES string of the molecule is CC(C)[NH+]1CC=C2[C@H](C1)[C@@H](c1ccc(F)c(F)c1)[C@@H](C#N)C(=N)C2(C#N)C#N. The van der Waals surface area contributed by atoms with Gasteiger partial charge in [-0.3, -0.25) is 0 Å². The Morgan fingerprint density at radius 3 is 2.39 bits per heavy atom. The van der Waals surface area contributed by atoms with Crippen molar-refractivity contribution in [3.8, 4) is 18.2 Å². The zero-order valence-corrected chi connectivity index (χ0v) is 15.6. The third-order valence-electron chi connectivity index (χ3n) is 6.03. The molecule has 2 aliphatic rings. The van der Waals surface area contributed by atoms with Crippen molar-refractivity contribution in [2.75, 3.05) is 13.1 Å². The van der Waals surface area contributed by atoms with E-state index in [2.05, 4.69) is 19.9 Å². The molecule has 2 N–H and O–H groups in total. The second-order valence-electron chi connectivity index (χ2n) is 7.68. The van der Waals surface area contributed by atoms with Crippen LogP contribution in [0.15, 0.2) is 29.8 Å². The molecule has 0 amide bonds. The lowest BCUT2D eigenvalue weighted by molar-refractivity contribution is -0.920. The van der Waals surface area contributed by atoms with Crippen molar-refractivity contribution >= 4 is 5.71 Å². The predicted molar refractivity (Wildman–Crippen MR) is 97.0 cm³/mol. The van der Waals surface area contributed by atoms with Crippen LogP contribution >= 0.6 is 0 Å². The molecular weight excluding hydrogens is 360 g/mol. The van der Waals surface area contributed by atoms with Crippen molar-refractivity contribution < 1.29 is 13.7 Å². The molecule has 1 aromatic carbocycles. The normalized spacial score (nSPS) is 28.5. The Bertz CT molecular complexity index is 962. The van der Waals surface area contributed by atoms with E-state index in [1.807, 2.05) is 18.2 Å². The quantitative estimate of drug-likeness (QED) is 0.769. The van der Waals surface area contributed by atoms with Gasteiger partial charge in [0.1, 0.15) is 0 Å². The number of fused-ring (bicyclic) bond motifs is 1. The third kappa shape index (κ3) is 2.78. The van der Waals surface area contributed by atoms with Gasteiger partial charge in [-0.2, -0.15) is 15.8 Å². The molecule has 1 heterocycles. The van der Waals surface area contributed by atoms with Crippen LogP contribution in [0.1, 0.15) is 25.3 Å². The maximum Gasteiger partial charge on any atom is 0.203 e. The molecule has 142 valence electrons. The molecule has 7 heteroatoms. The Balaban J connectivity index is 2.23. The van der Waals surface area contributed by atoms with Gasteiger partial charge >= 0.3 is 0 Å². The van der Waals surface area contributed by atoms with Crippen LogP contribution in [0, 0.1) is 68.3 Å². The fourth-order valence-corrected chi connectivity index (χ4v) is 4.46. The summed E-state index contributed by atoms with van der Waals surface area (Å²) < 4.78 is 27.4. The Kier molecular flexibility index (Phi) is 5.02. The molecule has 0 spiro atoms. The minimum absolute atomic E-state index is 0.267. The molecule has 0 bridgehead atoms. The molecule has 1 unspecified atom stereocenters. The van der Waals surface area contributed by atoms with Gasteiger partial charge in [-0.15, -0.1) is 0 Å². The summed E-state index contributed by atoms with van der Waals surface area (Å²) in [6, 6.07) is 9.76. The van der Waals surface area contributed by atoms with Crippen LogP contribution in [0.4, 0.5) is 8.78 Å². The summed E-state index contributed by atoms with van der Waals surface area (Å²) in [6.07, 6.45) is 1.82. The average molecular weight is 380 g/mol. The van der Waals surface area contributed by atoms with Crippen LogP contribution in [-0.2, 0) is 0 Å². The van der Waals surface area contributed by atoms with E-state index in [-0.39, 0.29) is 11.8 Å². The van der Waals surface area contributed by atoms with Crippen molar-refractivity contribution in [3.63, 3.8) is 0 Å². The van der Waals surface area contributed by atoms with E-state index in [0.717, 1.165) is 12.1 Å². The topological polar surface area (TPSA) is 99.7 Å². The van der Waals surface area contributed by atoms with Crippen LogP contribution < -0.4 is 4.90 Å². The van der Waals surface area contributed by atoms with E-state index in [1.54, 1.807) is 0 Å². The first-order valence-electron chi connectivity index (χ1n) is 9.11. The number of nitrogens with zero attached hydrogens (tertiary/aromatic N) is 3. The Labute approximate surface area is 162 Å². The molecule has 5 nitrogen and oxygen atoms in total. The molecule has 1 aliphatic heterocycles. The maximum absolute atomic E-state index is 13.9. The minimum Gasteiger partial charge on any atom is -0.329 e. The van der Waals surface area contributed by atoms with Gasteiger partial charge in [0.05, 0.1) is 49.0 Å². The lowest BCUT2D eigenvalue weighted by Crippen LogP contribution is -3.16. The number of nitriles is 3. The van der Waals surface area contributed by atoms with Gasteiger partial charge < -0.3 is 10.3 Å². The largest absolute Gasteiger partial charge is 0.329 e. The van der Waals surface area contributed by atoms with E-state index < -0.39 is 34.8 Å².